The number of allylic oxidation sites excluding steroid dienone is 1. The summed E-state index contributed by atoms with van der Waals surface area (Å²) in [4.78, 5) is 58.8. The maximum atomic E-state index is 14.7. The second kappa shape index (κ2) is 15.6. The number of aliphatic hydroxyl groups is 1. The van der Waals surface area contributed by atoms with Gasteiger partial charge in [0.05, 0.1) is 36.6 Å². The van der Waals surface area contributed by atoms with Crippen molar-refractivity contribution in [3.63, 3.8) is 0 Å². The predicted octanol–water partition coefficient (Wildman–Crippen LogP) is 4.09. The lowest BCUT2D eigenvalue weighted by atomic mass is 9.70. The summed E-state index contributed by atoms with van der Waals surface area (Å²) in [7, 11) is 0. The summed E-state index contributed by atoms with van der Waals surface area (Å²) in [5.74, 6) is -3.45. The van der Waals surface area contributed by atoms with Gasteiger partial charge in [-0.15, -0.1) is 13.2 Å². The van der Waals surface area contributed by atoms with Crippen LogP contribution in [-0.2, 0) is 35.2 Å². The minimum Gasteiger partial charge on any atom is -0.463 e. The van der Waals surface area contributed by atoms with E-state index in [-0.39, 0.29) is 49.4 Å². The van der Waals surface area contributed by atoms with Gasteiger partial charge in [-0.25, -0.2) is 0 Å². The standard InChI is InChI=1S/C37H44BrN3O7/c1-4-7-18-29(43)47-23-28(25-16-12-9-13-17-25)39-34(44)30-31-35(45)41(26(6-3)22-42)33(37(31)20-27(38)32(30)48-37)36(46)40(19-5-2)21-24-14-10-8-11-15-24/h4-5,8-17,26-28,30-33,42H,1-2,6-7,18-23H2,3H3,(H,39,44)/t26-,27?,28-,30+,31-,32+,33+,37-/m0/s1. The molecule has 2 aromatic rings. The number of benzene rings is 2. The number of rotatable bonds is 16. The van der Waals surface area contributed by atoms with Gasteiger partial charge in [0.2, 0.25) is 17.7 Å². The Hall–Kier alpha value is -3.80. The number of carbonyl (C=O) groups is 4. The van der Waals surface area contributed by atoms with Crippen molar-refractivity contribution in [2.75, 3.05) is 19.8 Å². The van der Waals surface area contributed by atoms with Crippen LogP contribution >= 0.6 is 15.9 Å². The van der Waals surface area contributed by atoms with Crippen molar-refractivity contribution < 1.29 is 33.8 Å². The number of esters is 1. The lowest BCUT2D eigenvalue weighted by Gasteiger charge is -2.39. The Morgan fingerprint density at radius 1 is 1.15 bits per heavy atom. The van der Waals surface area contributed by atoms with Crippen LogP contribution in [0, 0.1) is 11.8 Å². The van der Waals surface area contributed by atoms with Gasteiger partial charge in [0.1, 0.15) is 18.2 Å². The highest BCUT2D eigenvalue weighted by atomic mass is 79.9. The second-order valence-electron chi connectivity index (χ2n) is 12.6. The molecule has 3 aliphatic rings. The number of fused-ring (bicyclic) bond motifs is 1. The molecule has 1 spiro atoms. The van der Waals surface area contributed by atoms with Crippen LogP contribution < -0.4 is 5.32 Å². The number of hydrogen-bond acceptors (Lipinski definition) is 7. The molecule has 2 aromatic carbocycles. The van der Waals surface area contributed by atoms with Gasteiger partial charge in [-0.05, 0) is 30.4 Å². The molecule has 3 saturated heterocycles. The Morgan fingerprint density at radius 3 is 2.46 bits per heavy atom. The summed E-state index contributed by atoms with van der Waals surface area (Å²) >= 11 is 3.73. The van der Waals surface area contributed by atoms with Crippen LogP contribution in [0.4, 0.5) is 0 Å². The third-order valence-electron chi connectivity index (χ3n) is 9.70. The zero-order valence-electron chi connectivity index (χ0n) is 27.2. The molecule has 48 heavy (non-hydrogen) atoms. The van der Waals surface area contributed by atoms with E-state index >= 15 is 0 Å². The van der Waals surface area contributed by atoms with Gasteiger partial charge in [0.25, 0.3) is 0 Å². The fourth-order valence-electron chi connectivity index (χ4n) is 7.46. The number of carbonyl (C=O) groups excluding carboxylic acids is 4. The van der Waals surface area contributed by atoms with Crippen molar-refractivity contribution in [3.05, 3.63) is 97.1 Å². The van der Waals surface area contributed by atoms with E-state index in [9.17, 15) is 24.3 Å². The van der Waals surface area contributed by atoms with Crippen LogP contribution in [-0.4, -0.2) is 87.0 Å². The molecule has 3 heterocycles. The average molecular weight is 723 g/mol. The Labute approximate surface area is 290 Å². The molecule has 1 unspecified atom stereocenters. The lowest BCUT2D eigenvalue weighted by Crippen LogP contribution is -2.58. The van der Waals surface area contributed by atoms with E-state index in [1.165, 1.54) is 4.90 Å². The van der Waals surface area contributed by atoms with Gasteiger partial charge in [-0.1, -0.05) is 95.7 Å². The topological polar surface area (TPSA) is 125 Å². The number of ether oxygens (including phenoxy) is 2. The number of likely N-dealkylation sites (tertiary alicyclic amines) is 1. The van der Waals surface area contributed by atoms with Crippen molar-refractivity contribution in [3.8, 4) is 0 Å². The van der Waals surface area contributed by atoms with Crippen LogP contribution in [0.1, 0.15) is 49.8 Å². The van der Waals surface area contributed by atoms with Crippen LogP contribution in [0.25, 0.3) is 0 Å². The van der Waals surface area contributed by atoms with Crippen LogP contribution in [0.2, 0.25) is 0 Å². The van der Waals surface area contributed by atoms with E-state index < -0.39 is 53.5 Å². The number of nitrogens with one attached hydrogen (secondary N) is 1. The summed E-state index contributed by atoms with van der Waals surface area (Å²) in [6.07, 6.45) is 3.98. The van der Waals surface area contributed by atoms with Crippen LogP contribution in [0.3, 0.4) is 0 Å². The summed E-state index contributed by atoms with van der Waals surface area (Å²) in [6.45, 7) is 9.43. The fraction of sp³-hybridized carbons (Fsp3) is 0.459. The summed E-state index contributed by atoms with van der Waals surface area (Å²) in [5.41, 5.74) is 0.347. The van der Waals surface area contributed by atoms with Gasteiger partial charge in [-0.2, -0.15) is 0 Å². The van der Waals surface area contributed by atoms with Gasteiger partial charge in [-0.3, -0.25) is 19.2 Å². The minimum atomic E-state index is -1.30. The maximum absolute atomic E-state index is 14.7. The van der Waals surface area contributed by atoms with Gasteiger partial charge in [0, 0.05) is 24.3 Å². The zero-order chi connectivity index (χ0) is 34.4. The van der Waals surface area contributed by atoms with Gasteiger partial charge < -0.3 is 29.7 Å². The first-order valence-corrected chi connectivity index (χ1v) is 17.4. The molecule has 256 valence electrons. The second-order valence-corrected chi connectivity index (χ2v) is 13.8. The first kappa shape index (κ1) is 35.5. The SMILES string of the molecule is C=CCCC(=O)OC[C@H](NC(=O)[C@H]1[C@@H]2O[C@@]3(CC2Br)[C@@H]1C(=O)N([C@@H](CC)CO)[C@@H]3C(=O)N(CC=C)Cc1ccccc1)c1ccccc1. The lowest BCUT2D eigenvalue weighted by molar-refractivity contribution is -0.151. The summed E-state index contributed by atoms with van der Waals surface area (Å²) in [6, 6.07) is 16.3. The molecule has 8 atom stereocenters. The molecule has 11 heteroatoms. The molecular formula is C37H44BrN3O7. The highest BCUT2D eigenvalue weighted by Gasteiger charge is 2.77. The normalized spacial score (nSPS) is 26.8. The van der Waals surface area contributed by atoms with Crippen molar-refractivity contribution >= 4 is 39.6 Å². The molecule has 2 bridgehead atoms. The Balaban J connectivity index is 1.48. The molecule has 0 radical (unpaired) electrons. The summed E-state index contributed by atoms with van der Waals surface area (Å²) < 4.78 is 12.2. The molecule has 0 saturated carbocycles. The van der Waals surface area contributed by atoms with Crippen molar-refractivity contribution in [1.82, 2.24) is 15.1 Å². The quantitative estimate of drug-likeness (QED) is 0.152. The minimum absolute atomic E-state index is 0.100. The molecule has 3 aliphatic heterocycles. The monoisotopic (exact) mass is 721 g/mol. The zero-order valence-corrected chi connectivity index (χ0v) is 28.8. The molecule has 10 nitrogen and oxygen atoms in total. The number of halogens is 1. The third kappa shape index (κ3) is 6.86. The van der Waals surface area contributed by atoms with Crippen LogP contribution in [0.15, 0.2) is 86.0 Å². The highest BCUT2D eigenvalue weighted by Crippen LogP contribution is 2.60. The van der Waals surface area contributed by atoms with Crippen molar-refractivity contribution in [2.45, 2.75) is 73.8 Å². The van der Waals surface area contributed by atoms with E-state index in [4.69, 9.17) is 9.47 Å². The molecular weight excluding hydrogens is 678 g/mol. The van der Waals surface area contributed by atoms with E-state index in [0.717, 1.165) is 11.1 Å². The average Bonchev–Trinajstić information content (AvgIpc) is 3.70. The smallest absolute Gasteiger partial charge is 0.306 e. The number of aliphatic hydroxyl groups excluding tert-OH is 1. The number of nitrogens with zero attached hydrogens (tertiary/aromatic N) is 2. The summed E-state index contributed by atoms with van der Waals surface area (Å²) in [5, 5.41) is 13.5. The third-order valence-corrected chi connectivity index (χ3v) is 10.5. The molecule has 0 aromatic heterocycles. The van der Waals surface area contributed by atoms with Crippen molar-refractivity contribution in [2.24, 2.45) is 11.8 Å². The Bertz CT molecular complexity index is 1490. The number of amides is 3. The molecule has 2 N–H and O–H groups in total. The first-order valence-electron chi connectivity index (χ1n) is 16.5. The molecule has 3 fully saturated rings. The van der Waals surface area contributed by atoms with Gasteiger partial charge >= 0.3 is 5.97 Å². The Kier molecular flexibility index (Phi) is 11.5. The predicted molar refractivity (Wildman–Crippen MR) is 183 cm³/mol. The van der Waals surface area contributed by atoms with E-state index in [1.807, 2.05) is 67.6 Å². The van der Waals surface area contributed by atoms with Crippen molar-refractivity contribution in [1.29, 1.82) is 0 Å². The number of alkyl halides is 1. The fourth-order valence-corrected chi connectivity index (χ4v) is 8.40. The molecule has 3 amide bonds. The highest BCUT2D eigenvalue weighted by molar-refractivity contribution is 9.09. The van der Waals surface area contributed by atoms with Crippen LogP contribution in [0.5, 0.6) is 0 Å². The van der Waals surface area contributed by atoms with Gasteiger partial charge in [0.15, 0.2) is 0 Å². The van der Waals surface area contributed by atoms with E-state index in [1.54, 1.807) is 17.1 Å². The molecule has 0 aliphatic carbocycles. The van der Waals surface area contributed by atoms with E-state index in [2.05, 4.69) is 34.4 Å². The largest absolute Gasteiger partial charge is 0.463 e. The van der Waals surface area contributed by atoms with E-state index in [0.29, 0.717) is 19.3 Å². The number of hydrogen-bond donors (Lipinski definition) is 2. The Morgan fingerprint density at radius 2 is 1.83 bits per heavy atom. The maximum Gasteiger partial charge on any atom is 0.306 e. The molecule has 5 rings (SSSR count). The first-order chi connectivity index (χ1) is 23.2.